The lowest BCUT2D eigenvalue weighted by Gasteiger charge is -2.44. The molecule has 3 N–H and O–H groups in total. The van der Waals surface area contributed by atoms with Gasteiger partial charge in [0.25, 0.3) is 0 Å². The number of nitrogens with zero attached hydrogens (tertiary/aromatic N) is 1. The van der Waals surface area contributed by atoms with Gasteiger partial charge in [0.05, 0.1) is 24.7 Å². The topological polar surface area (TPSA) is 68.4 Å². The van der Waals surface area contributed by atoms with E-state index in [0.29, 0.717) is 13.2 Å². The van der Waals surface area contributed by atoms with E-state index >= 15 is 0 Å². The fourth-order valence-corrected chi connectivity index (χ4v) is 1.78. The molecule has 2 heterocycles. The Hall–Kier alpha value is -0.970. The lowest BCUT2D eigenvalue weighted by atomic mass is 9.74. The van der Waals surface area contributed by atoms with Crippen molar-refractivity contribution >= 4 is 0 Å². The Labute approximate surface area is 82.7 Å². The number of ether oxygens (including phenoxy) is 1. The first kappa shape index (κ1) is 9.58. The maximum atomic E-state index is 9.86. The second-order valence-electron chi connectivity index (χ2n) is 3.64. The molecule has 0 aromatic carbocycles. The highest BCUT2D eigenvalue weighted by Gasteiger charge is 2.45. The summed E-state index contributed by atoms with van der Waals surface area (Å²) in [5, 5.41) is 9.86. The van der Waals surface area contributed by atoms with Crippen LogP contribution in [0.15, 0.2) is 24.5 Å². The number of pyridine rings is 1. The molecule has 1 fully saturated rings. The van der Waals surface area contributed by atoms with Crippen molar-refractivity contribution in [2.45, 2.75) is 11.5 Å². The molecule has 0 radical (unpaired) electrons. The molecule has 0 bridgehead atoms. The molecule has 1 aliphatic rings. The summed E-state index contributed by atoms with van der Waals surface area (Å²) in [6.07, 6.45) is 2.90. The first-order valence-electron chi connectivity index (χ1n) is 4.66. The van der Waals surface area contributed by atoms with Gasteiger partial charge in [-0.05, 0) is 17.7 Å². The van der Waals surface area contributed by atoms with Crippen LogP contribution in [0.3, 0.4) is 0 Å². The Bertz CT molecular complexity index is 298. The first-order chi connectivity index (χ1) is 6.79. The van der Waals surface area contributed by atoms with Gasteiger partial charge in [0.15, 0.2) is 0 Å². The van der Waals surface area contributed by atoms with Gasteiger partial charge in [-0.2, -0.15) is 0 Å². The Morgan fingerprint density at radius 3 is 2.57 bits per heavy atom. The van der Waals surface area contributed by atoms with Crippen LogP contribution in [0.1, 0.15) is 5.56 Å². The van der Waals surface area contributed by atoms with Crippen LogP contribution in [0, 0.1) is 0 Å². The summed E-state index contributed by atoms with van der Waals surface area (Å²) >= 11 is 0. The van der Waals surface area contributed by atoms with E-state index in [9.17, 15) is 5.11 Å². The summed E-state index contributed by atoms with van der Waals surface area (Å²) in [5.74, 6) is 0. The monoisotopic (exact) mass is 194 g/mol. The summed E-state index contributed by atoms with van der Waals surface area (Å²) < 4.78 is 5.18. The second-order valence-corrected chi connectivity index (χ2v) is 3.64. The smallest absolute Gasteiger partial charge is 0.0803 e. The Balaban J connectivity index is 2.29. The van der Waals surface area contributed by atoms with Gasteiger partial charge in [-0.15, -0.1) is 0 Å². The summed E-state index contributed by atoms with van der Waals surface area (Å²) in [6, 6.07) is 3.81. The number of nitrogens with two attached hydrogens (primary N) is 1. The maximum Gasteiger partial charge on any atom is 0.0803 e. The molecule has 0 spiro atoms. The van der Waals surface area contributed by atoms with Crippen LogP contribution in [0.25, 0.3) is 0 Å². The van der Waals surface area contributed by atoms with Gasteiger partial charge in [-0.25, -0.2) is 0 Å². The predicted octanol–water partition coefficient (Wildman–Crippen LogP) is -0.331. The molecule has 0 saturated carbocycles. The minimum atomic E-state index is -0.543. The summed E-state index contributed by atoms with van der Waals surface area (Å²) in [4.78, 5) is 3.95. The maximum absolute atomic E-state index is 9.86. The van der Waals surface area contributed by atoms with Crippen molar-refractivity contribution in [1.29, 1.82) is 0 Å². The lowest BCUT2D eigenvalue weighted by molar-refractivity contribution is -0.116. The normalized spacial score (nSPS) is 21.3. The van der Waals surface area contributed by atoms with Crippen molar-refractivity contribution in [3.8, 4) is 0 Å². The molecule has 1 atom stereocenters. The molecule has 4 nitrogen and oxygen atoms in total. The van der Waals surface area contributed by atoms with Crippen LogP contribution in [0.2, 0.25) is 0 Å². The average molecular weight is 194 g/mol. The van der Waals surface area contributed by atoms with Gasteiger partial charge in [0.2, 0.25) is 0 Å². The minimum absolute atomic E-state index is 0.256. The Morgan fingerprint density at radius 1 is 1.50 bits per heavy atom. The highest BCUT2D eigenvalue weighted by atomic mass is 16.5. The van der Waals surface area contributed by atoms with Crippen molar-refractivity contribution in [3.63, 3.8) is 0 Å². The predicted molar refractivity (Wildman–Crippen MR) is 51.8 cm³/mol. The van der Waals surface area contributed by atoms with E-state index in [0.717, 1.165) is 5.56 Å². The minimum Gasteiger partial charge on any atom is -0.391 e. The van der Waals surface area contributed by atoms with Gasteiger partial charge in [-0.1, -0.05) is 0 Å². The summed E-state index contributed by atoms with van der Waals surface area (Å²) in [5.41, 5.74) is 6.23. The molecular formula is C10H14N2O2. The summed E-state index contributed by atoms with van der Waals surface area (Å²) in [6.45, 7) is 1.33. The molecule has 2 rings (SSSR count). The van der Waals surface area contributed by atoms with Crippen molar-refractivity contribution in [2.24, 2.45) is 5.73 Å². The summed E-state index contributed by atoms with van der Waals surface area (Å²) in [7, 11) is 0. The molecule has 14 heavy (non-hydrogen) atoms. The fraction of sp³-hybridized carbons (Fsp3) is 0.500. The van der Waals surface area contributed by atoms with Gasteiger partial charge in [-0.3, -0.25) is 4.98 Å². The fourth-order valence-electron chi connectivity index (χ4n) is 1.78. The third-order valence-electron chi connectivity index (χ3n) is 2.84. The lowest BCUT2D eigenvalue weighted by Crippen LogP contribution is -2.57. The zero-order valence-corrected chi connectivity index (χ0v) is 7.89. The van der Waals surface area contributed by atoms with E-state index in [2.05, 4.69) is 4.98 Å². The van der Waals surface area contributed by atoms with Crippen molar-refractivity contribution in [1.82, 2.24) is 4.98 Å². The molecule has 76 valence electrons. The Morgan fingerprint density at radius 2 is 2.14 bits per heavy atom. The van der Waals surface area contributed by atoms with E-state index in [1.165, 1.54) is 0 Å². The van der Waals surface area contributed by atoms with Crippen LogP contribution >= 0.6 is 0 Å². The largest absolute Gasteiger partial charge is 0.391 e. The van der Waals surface area contributed by atoms with Crippen LogP contribution in [-0.4, -0.2) is 36.0 Å². The molecule has 0 aliphatic carbocycles. The van der Waals surface area contributed by atoms with E-state index in [-0.39, 0.29) is 12.0 Å². The van der Waals surface area contributed by atoms with Gasteiger partial charge < -0.3 is 15.6 Å². The average Bonchev–Trinajstić information content (AvgIpc) is 2.17. The zero-order chi connectivity index (χ0) is 10.0. The van der Waals surface area contributed by atoms with Gasteiger partial charge in [0, 0.05) is 18.9 Å². The van der Waals surface area contributed by atoms with E-state index in [1.54, 1.807) is 12.4 Å². The van der Waals surface area contributed by atoms with E-state index in [1.807, 2.05) is 12.1 Å². The number of aromatic nitrogens is 1. The van der Waals surface area contributed by atoms with Crippen molar-refractivity contribution in [3.05, 3.63) is 30.1 Å². The highest BCUT2D eigenvalue weighted by Crippen LogP contribution is 2.35. The number of hydrogen-bond donors (Lipinski definition) is 2. The molecule has 1 aromatic rings. The van der Waals surface area contributed by atoms with Crippen LogP contribution in [-0.2, 0) is 10.2 Å². The molecule has 1 aromatic heterocycles. The number of hydrogen-bond acceptors (Lipinski definition) is 4. The molecule has 0 amide bonds. The molecular weight excluding hydrogens is 180 g/mol. The van der Waals surface area contributed by atoms with Crippen molar-refractivity contribution < 1.29 is 9.84 Å². The van der Waals surface area contributed by atoms with E-state index in [4.69, 9.17) is 10.5 Å². The molecule has 4 heteroatoms. The van der Waals surface area contributed by atoms with Gasteiger partial charge in [0.1, 0.15) is 0 Å². The number of aliphatic hydroxyl groups excluding tert-OH is 1. The van der Waals surface area contributed by atoms with Gasteiger partial charge >= 0.3 is 0 Å². The van der Waals surface area contributed by atoms with Crippen LogP contribution in [0.4, 0.5) is 0 Å². The SMILES string of the molecule is NCC(O)C1(c2ccncc2)COC1. The second kappa shape index (κ2) is 3.65. The highest BCUT2D eigenvalue weighted by molar-refractivity contribution is 5.28. The first-order valence-corrected chi connectivity index (χ1v) is 4.66. The third kappa shape index (κ3) is 1.32. The molecule has 1 saturated heterocycles. The van der Waals surface area contributed by atoms with Crippen molar-refractivity contribution in [2.75, 3.05) is 19.8 Å². The molecule has 1 aliphatic heterocycles. The van der Waals surface area contributed by atoms with E-state index < -0.39 is 6.10 Å². The zero-order valence-electron chi connectivity index (χ0n) is 7.89. The molecule has 1 unspecified atom stereocenters. The number of rotatable bonds is 3. The third-order valence-corrected chi connectivity index (χ3v) is 2.84. The Kier molecular flexibility index (Phi) is 2.50. The number of aliphatic hydroxyl groups is 1. The standard InChI is InChI=1S/C10H14N2O2/c11-5-9(13)10(6-14-7-10)8-1-3-12-4-2-8/h1-4,9,13H,5-7,11H2. The quantitative estimate of drug-likeness (QED) is 0.691. The van der Waals surface area contributed by atoms with Crippen LogP contribution < -0.4 is 5.73 Å². The van der Waals surface area contributed by atoms with Crippen LogP contribution in [0.5, 0.6) is 0 Å².